The smallest absolute Gasteiger partial charge is 0.264 e. The second-order valence-corrected chi connectivity index (χ2v) is 8.81. The lowest BCUT2D eigenvalue weighted by Crippen LogP contribution is -2.25. The predicted octanol–water partition coefficient (Wildman–Crippen LogP) is 5.16. The minimum Gasteiger partial charge on any atom is -0.334 e. The number of hydrogen-bond donors (Lipinski definition) is 0. The van der Waals surface area contributed by atoms with Crippen LogP contribution in [0.15, 0.2) is 38.6 Å². The van der Waals surface area contributed by atoms with E-state index < -0.39 is 0 Å². The Kier molecular flexibility index (Phi) is 4.44. The van der Waals surface area contributed by atoms with Crippen molar-refractivity contribution in [2.45, 2.75) is 6.54 Å². The molecule has 0 saturated carbocycles. The summed E-state index contributed by atoms with van der Waals surface area (Å²) in [7, 11) is 1.80. The fourth-order valence-corrected chi connectivity index (χ4v) is 4.95. The summed E-state index contributed by atoms with van der Waals surface area (Å²) >= 11 is 9.87. The first kappa shape index (κ1) is 15.1. The van der Waals surface area contributed by atoms with Gasteiger partial charge in [-0.05, 0) is 50.1 Å². The van der Waals surface area contributed by atoms with Gasteiger partial charge in [-0.25, -0.2) is 4.98 Å². The summed E-state index contributed by atoms with van der Waals surface area (Å²) in [4.78, 5) is 19.4. The van der Waals surface area contributed by atoms with Crippen LogP contribution in [0.3, 0.4) is 0 Å². The third-order valence-corrected chi connectivity index (χ3v) is 7.18. The maximum atomic E-state index is 12.4. The van der Waals surface area contributed by atoms with E-state index in [1.54, 1.807) is 23.3 Å². The molecule has 2 aromatic heterocycles. The van der Waals surface area contributed by atoms with E-state index >= 15 is 0 Å². The molecule has 3 rings (SSSR count). The first-order valence-electron chi connectivity index (χ1n) is 6.09. The summed E-state index contributed by atoms with van der Waals surface area (Å²) in [6.07, 6.45) is 0. The molecule has 0 unspecified atom stereocenters. The van der Waals surface area contributed by atoms with E-state index in [0.29, 0.717) is 11.4 Å². The monoisotopic (exact) mass is 444 g/mol. The molecule has 0 aliphatic heterocycles. The average molecular weight is 446 g/mol. The Balaban J connectivity index is 1.79. The highest BCUT2D eigenvalue weighted by molar-refractivity contribution is 9.13. The van der Waals surface area contributed by atoms with Gasteiger partial charge in [0.25, 0.3) is 5.91 Å². The maximum Gasteiger partial charge on any atom is 0.264 e. The van der Waals surface area contributed by atoms with Crippen LogP contribution in [-0.4, -0.2) is 22.8 Å². The molecule has 3 aromatic rings. The molecule has 0 bridgehead atoms. The number of amides is 1. The van der Waals surface area contributed by atoms with Gasteiger partial charge in [-0.3, -0.25) is 4.79 Å². The van der Waals surface area contributed by atoms with Gasteiger partial charge in [0, 0.05) is 11.5 Å². The number of benzene rings is 1. The molecule has 7 heteroatoms. The molecule has 1 amide bonds. The van der Waals surface area contributed by atoms with Crippen molar-refractivity contribution >= 4 is 70.7 Å². The van der Waals surface area contributed by atoms with Gasteiger partial charge in [0.2, 0.25) is 0 Å². The Hall–Kier alpha value is -0.760. The SMILES string of the molecule is CN(Cc1nc2ccccc2s1)C(=O)c1cc(Br)c(Br)s1. The van der Waals surface area contributed by atoms with Crippen LogP contribution in [0, 0.1) is 0 Å². The number of hydrogen-bond acceptors (Lipinski definition) is 4. The summed E-state index contributed by atoms with van der Waals surface area (Å²) in [5.41, 5.74) is 0.986. The van der Waals surface area contributed by atoms with Gasteiger partial charge in [-0.1, -0.05) is 12.1 Å². The van der Waals surface area contributed by atoms with Crippen molar-refractivity contribution in [2.24, 2.45) is 0 Å². The van der Waals surface area contributed by atoms with Gasteiger partial charge < -0.3 is 4.90 Å². The van der Waals surface area contributed by atoms with Crippen molar-refractivity contribution in [1.82, 2.24) is 9.88 Å². The fraction of sp³-hybridized carbons (Fsp3) is 0.143. The third-order valence-electron chi connectivity index (χ3n) is 2.91. The molecule has 3 nitrogen and oxygen atoms in total. The highest BCUT2D eigenvalue weighted by Crippen LogP contribution is 2.33. The van der Waals surface area contributed by atoms with Crippen LogP contribution in [0.5, 0.6) is 0 Å². The molecule has 2 heterocycles. The molecule has 0 radical (unpaired) electrons. The zero-order valence-corrected chi connectivity index (χ0v) is 15.8. The number of rotatable bonds is 3. The lowest BCUT2D eigenvalue weighted by molar-refractivity contribution is 0.0790. The summed E-state index contributed by atoms with van der Waals surface area (Å²) in [6.45, 7) is 0.519. The van der Waals surface area contributed by atoms with Crippen LogP contribution in [-0.2, 0) is 6.54 Å². The van der Waals surface area contributed by atoms with Crippen molar-refractivity contribution in [2.75, 3.05) is 7.05 Å². The molecule has 0 aliphatic carbocycles. The zero-order valence-electron chi connectivity index (χ0n) is 11.0. The molecular weight excluding hydrogens is 436 g/mol. The van der Waals surface area contributed by atoms with Crippen molar-refractivity contribution in [3.8, 4) is 0 Å². The molecule has 0 aliphatic rings. The van der Waals surface area contributed by atoms with Gasteiger partial charge in [0.15, 0.2) is 0 Å². The molecule has 108 valence electrons. The van der Waals surface area contributed by atoms with Crippen LogP contribution < -0.4 is 0 Å². The van der Waals surface area contributed by atoms with Crippen LogP contribution in [0.25, 0.3) is 10.2 Å². The summed E-state index contributed by atoms with van der Waals surface area (Å²) < 4.78 is 2.98. The number of fused-ring (bicyclic) bond motifs is 1. The zero-order chi connectivity index (χ0) is 15.0. The van der Waals surface area contributed by atoms with Crippen LogP contribution in [0.1, 0.15) is 14.7 Å². The van der Waals surface area contributed by atoms with Gasteiger partial charge in [-0.2, -0.15) is 0 Å². The number of nitrogens with zero attached hydrogens (tertiary/aromatic N) is 2. The lowest BCUT2D eigenvalue weighted by atomic mass is 10.3. The molecule has 0 atom stereocenters. The number of carbonyl (C=O) groups excluding carboxylic acids is 1. The normalized spacial score (nSPS) is 11.0. The fourth-order valence-electron chi connectivity index (χ4n) is 1.90. The topological polar surface area (TPSA) is 33.2 Å². The Morgan fingerprint density at radius 3 is 2.71 bits per heavy atom. The van der Waals surface area contributed by atoms with Crippen LogP contribution in [0.4, 0.5) is 0 Å². The Morgan fingerprint density at radius 1 is 1.29 bits per heavy atom. The highest BCUT2D eigenvalue weighted by atomic mass is 79.9. The van der Waals surface area contributed by atoms with Crippen molar-refractivity contribution in [3.63, 3.8) is 0 Å². The number of para-hydroxylation sites is 1. The summed E-state index contributed by atoms with van der Waals surface area (Å²) in [6, 6.07) is 9.85. The third kappa shape index (κ3) is 3.21. The summed E-state index contributed by atoms with van der Waals surface area (Å²) in [5, 5.41) is 0.946. The van der Waals surface area contributed by atoms with E-state index in [1.165, 1.54) is 11.3 Å². The van der Waals surface area contributed by atoms with Crippen molar-refractivity contribution < 1.29 is 4.79 Å². The largest absolute Gasteiger partial charge is 0.334 e. The molecular formula is C14H10Br2N2OS2. The van der Waals surface area contributed by atoms with E-state index in [1.807, 2.05) is 30.3 Å². The molecule has 0 saturated heterocycles. The van der Waals surface area contributed by atoms with Crippen LogP contribution in [0.2, 0.25) is 0 Å². The first-order chi connectivity index (χ1) is 10.0. The molecule has 0 spiro atoms. The van der Waals surface area contributed by atoms with Gasteiger partial charge in [-0.15, -0.1) is 22.7 Å². The number of thiophene rings is 1. The van der Waals surface area contributed by atoms with Crippen LogP contribution >= 0.6 is 54.5 Å². The average Bonchev–Trinajstić information content (AvgIpc) is 3.01. The molecule has 21 heavy (non-hydrogen) atoms. The number of aromatic nitrogens is 1. The second-order valence-electron chi connectivity index (χ2n) is 4.47. The van der Waals surface area contributed by atoms with E-state index in [0.717, 1.165) is 23.5 Å². The molecule has 1 aromatic carbocycles. The predicted molar refractivity (Wildman–Crippen MR) is 95.1 cm³/mol. The Morgan fingerprint density at radius 2 is 2.05 bits per heavy atom. The van der Waals surface area contributed by atoms with E-state index in [4.69, 9.17) is 0 Å². The highest BCUT2D eigenvalue weighted by Gasteiger charge is 2.17. The van der Waals surface area contributed by atoms with Crippen molar-refractivity contribution in [1.29, 1.82) is 0 Å². The summed E-state index contributed by atoms with van der Waals surface area (Å²) in [5.74, 6) is 0.00524. The second kappa shape index (κ2) is 6.16. The number of carbonyl (C=O) groups is 1. The maximum absolute atomic E-state index is 12.4. The van der Waals surface area contributed by atoms with E-state index in [9.17, 15) is 4.79 Å². The van der Waals surface area contributed by atoms with Gasteiger partial charge in [0.05, 0.1) is 25.4 Å². The quantitative estimate of drug-likeness (QED) is 0.558. The number of halogens is 2. The minimum atomic E-state index is 0.00524. The van der Waals surface area contributed by atoms with E-state index in [-0.39, 0.29) is 5.91 Å². The Bertz CT molecular complexity index is 760. The first-order valence-corrected chi connectivity index (χ1v) is 9.31. The Labute approximate surface area is 146 Å². The van der Waals surface area contributed by atoms with Gasteiger partial charge in [0.1, 0.15) is 5.01 Å². The number of thiazole rings is 1. The molecule has 0 fully saturated rings. The van der Waals surface area contributed by atoms with E-state index in [2.05, 4.69) is 36.8 Å². The van der Waals surface area contributed by atoms with Crippen molar-refractivity contribution in [3.05, 3.63) is 48.5 Å². The lowest BCUT2D eigenvalue weighted by Gasteiger charge is -2.14. The standard InChI is InChI=1S/C14H10Br2N2OS2/c1-18(14(19)11-6-8(15)13(16)21-11)7-12-17-9-4-2-3-5-10(9)20-12/h2-6H,7H2,1H3. The molecule has 0 N–H and O–H groups in total. The van der Waals surface area contributed by atoms with Gasteiger partial charge >= 0.3 is 0 Å². The minimum absolute atomic E-state index is 0.00524.